The van der Waals surface area contributed by atoms with E-state index in [0.29, 0.717) is 0 Å². The molecule has 2 aromatic heterocycles. The van der Waals surface area contributed by atoms with Crippen LogP contribution in [0.1, 0.15) is 45.3 Å². The fourth-order valence-electron chi connectivity index (χ4n) is 2.76. The van der Waals surface area contributed by atoms with Gasteiger partial charge < -0.3 is 9.14 Å². The third-order valence-electron chi connectivity index (χ3n) is 3.66. The van der Waals surface area contributed by atoms with E-state index in [4.69, 9.17) is 4.74 Å². The van der Waals surface area contributed by atoms with E-state index in [0.717, 1.165) is 35.2 Å². The van der Waals surface area contributed by atoms with Crippen LogP contribution in [-0.4, -0.2) is 32.5 Å². The predicted octanol–water partition coefficient (Wildman–Crippen LogP) is 4.17. The Kier molecular flexibility index (Phi) is 3.89. The highest BCUT2D eigenvalue weighted by Crippen LogP contribution is 2.33. The van der Waals surface area contributed by atoms with Gasteiger partial charge in [0.25, 0.3) is 0 Å². The summed E-state index contributed by atoms with van der Waals surface area (Å²) in [7, 11) is 0. The van der Waals surface area contributed by atoms with Crippen molar-refractivity contribution in [2.75, 3.05) is 6.54 Å². The Bertz CT molecular complexity index is 705. The van der Waals surface area contributed by atoms with Crippen LogP contribution >= 0.6 is 15.9 Å². The molecule has 5 nitrogen and oxygen atoms in total. The van der Waals surface area contributed by atoms with E-state index >= 15 is 0 Å². The molecule has 3 heterocycles. The Hall–Kier alpha value is -1.56. The molecule has 118 valence electrons. The van der Waals surface area contributed by atoms with Crippen molar-refractivity contribution in [2.24, 2.45) is 0 Å². The predicted molar refractivity (Wildman–Crippen MR) is 87.8 cm³/mol. The minimum Gasteiger partial charge on any atom is -0.444 e. The van der Waals surface area contributed by atoms with Crippen LogP contribution in [0.5, 0.6) is 0 Å². The number of fused-ring (bicyclic) bond motifs is 1. The molecule has 1 saturated heterocycles. The van der Waals surface area contributed by atoms with E-state index in [9.17, 15) is 4.79 Å². The van der Waals surface area contributed by atoms with E-state index < -0.39 is 5.60 Å². The number of rotatable bonds is 1. The molecule has 0 aromatic carbocycles. The lowest BCUT2D eigenvalue weighted by Crippen LogP contribution is -2.36. The molecule has 1 fully saturated rings. The normalized spacial score (nSPS) is 18.9. The number of imidazole rings is 1. The van der Waals surface area contributed by atoms with E-state index in [-0.39, 0.29) is 12.1 Å². The summed E-state index contributed by atoms with van der Waals surface area (Å²) >= 11 is 3.46. The van der Waals surface area contributed by atoms with Gasteiger partial charge in [-0.1, -0.05) is 0 Å². The number of amides is 1. The van der Waals surface area contributed by atoms with Crippen LogP contribution in [0.2, 0.25) is 0 Å². The largest absolute Gasteiger partial charge is 0.444 e. The van der Waals surface area contributed by atoms with E-state index in [1.54, 1.807) is 4.90 Å². The maximum absolute atomic E-state index is 12.4. The molecule has 0 radical (unpaired) electrons. The van der Waals surface area contributed by atoms with Gasteiger partial charge in [-0.15, -0.1) is 0 Å². The molecule has 22 heavy (non-hydrogen) atoms. The average Bonchev–Trinajstić information content (AvgIpc) is 3.01. The van der Waals surface area contributed by atoms with Crippen molar-refractivity contribution in [3.8, 4) is 0 Å². The molecule has 1 aliphatic rings. The minimum atomic E-state index is -0.478. The number of hydrogen-bond donors (Lipinski definition) is 0. The summed E-state index contributed by atoms with van der Waals surface area (Å²) in [6, 6.07) is 3.92. The van der Waals surface area contributed by atoms with Gasteiger partial charge in [-0.2, -0.15) is 0 Å². The van der Waals surface area contributed by atoms with Gasteiger partial charge >= 0.3 is 6.09 Å². The number of halogens is 1. The van der Waals surface area contributed by atoms with Crippen molar-refractivity contribution in [1.82, 2.24) is 14.3 Å². The molecule has 0 bridgehead atoms. The number of likely N-dealkylation sites (tertiary alicyclic amines) is 1. The highest BCUT2D eigenvalue weighted by molar-refractivity contribution is 9.10. The fourth-order valence-corrected chi connectivity index (χ4v) is 3.11. The maximum Gasteiger partial charge on any atom is 0.410 e. The van der Waals surface area contributed by atoms with Crippen LogP contribution < -0.4 is 0 Å². The highest BCUT2D eigenvalue weighted by atomic mass is 79.9. The van der Waals surface area contributed by atoms with Gasteiger partial charge in [0.2, 0.25) is 0 Å². The molecule has 2 aromatic rings. The van der Waals surface area contributed by atoms with E-state index in [2.05, 4.69) is 20.9 Å². The summed E-state index contributed by atoms with van der Waals surface area (Å²) in [5.41, 5.74) is 1.32. The first kappa shape index (κ1) is 15.3. The molecule has 1 atom stereocenters. The molecule has 0 saturated carbocycles. The van der Waals surface area contributed by atoms with Crippen LogP contribution in [0.15, 0.2) is 29.0 Å². The fraction of sp³-hybridized carbons (Fsp3) is 0.500. The van der Waals surface area contributed by atoms with Crippen LogP contribution in [-0.2, 0) is 4.74 Å². The monoisotopic (exact) mass is 365 g/mol. The third kappa shape index (κ3) is 3.11. The van der Waals surface area contributed by atoms with Crippen LogP contribution in [0.4, 0.5) is 4.79 Å². The van der Waals surface area contributed by atoms with Gasteiger partial charge in [0.1, 0.15) is 11.2 Å². The molecule has 1 aliphatic heterocycles. The number of nitrogens with zero attached hydrogens (tertiary/aromatic N) is 3. The third-order valence-corrected chi connectivity index (χ3v) is 4.12. The summed E-state index contributed by atoms with van der Waals surface area (Å²) in [6.07, 6.45) is 5.60. The van der Waals surface area contributed by atoms with Crippen molar-refractivity contribution < 1.29 is 9.53 Å². The van der Waals surface area contributed by atoms with Crippen molar-refractivity contribution in [3.63, 3.8) is 0 Å². The Balaban J connectivity index is 1.86. The molecule has 0 unspecified atom stereocenters. The second-order valence-electron chi connectivity index (χ2n) is 6.61. The average molecular weight is 366 g/mol. The number of hydrogen-bond acceptors (Lipinski definition) is 3. The smallest absolute Gasteiger partial charge is 0.410 e. The summed E-state index contributed by atoms with van der Waals surface area (Å²) in [5.74, 6) is 0. The summed E-state index contributed by atoms with van der Waals surface area (Å²) in [6.45, 7) is 6.38. The molecule has 3 rings (SSSR count). The first-order valence-corrected chi connectivity index (χ1v) is 8.26. The molecule has 0 aliphatic carbocycles. The quantitative estimate of drug-likeness (QED) is 0.761. The van der Waals surface area contributed by atoms with Crippen molar-refractivity contribution >= 4 is 27.7 Å². The van der Waals surface area contributed by atoms with E-state index in [1.165, 1.54) is 0 Å². The first-order valence-electron chi connectivity index (χ1n) is 7.47. The Morgan fingerprint density at radius 3 is 2.86 bits per heavy atom. The Morgan fingerprint density at radius 1 is 1.36 bits per heavy atom. The summed E-state index contributed by atoms with van der Waals surface area (Å²) in [4.78, 5) is 18.8. The van der Waals surface area contributed by atoms with Crippen LogP contribution in [0.25, 0.3) is 5.65 Å². The lowest BCUT2D eigenvalue weighted by atomic mass is 10.1. The SMILES string of the molecule is CC(C)(C)OC(=O)N1CCC[C@@H]1c1cn2cc(Br)ccc2n1. The van der Waals surface area contributed by atoms with Gasteiger partial charge in [-0.3, -0.25) is 4.90 Å². The van der Waals surface area contributed by atoms with Gasteiger partial charge in [0, 0.05) is 23.4 Å². The lowest BCUT2D eigenvalue weighted by molar-refractivity contribution is 0.0222. The van der Waals surface area contributed by atoms with Crippen LogP contribution in [0, 0.1) is 0 Å². The maximum atomic E-state index is 12.4. The zero-order valence-corrected chi connectivity index (χ0v) is 14.6. The van der Waals surface area contributed by atoms with Gasteiger partial charge in [-0.25, -0.2) is 9.78 Å². The second-order valence-corrected chi connectivity index (χ2v) is 7.53. The van der Waals surface area contributed by atoms with Gasteiger partial charge in [0.05, 0.1) is 11.7 Å². The highest BCUT2D eigenvalue weighted by Gasteiger charge is 2.34. The summed E-state index contributed by atoms with van der Waals surface area (Å²) in [5, 5.41) is 0. The molecular formula is C16H20BrN3O2. The zero-order valence-electron chi connectivity index (χ0n) is 13.0. The van der Waals surface area contributed by atoms with E-state index in [1.807, 2.05) is 49.7 Å². The minimum absolute atomic E-state index is 0.00599. The Morgan fingerprint density at radius 2 is 2.14 bits per heavy atom. The number of aromatic nitrogens is 2. The molecule has 0 N–H and O–H groups in total. The zero-order chi connectivity index (χ0) is 15.9. The molecule has 6 heteroatoms. The van der Waals surface area contributed by atoms with Crippen molar-refractivity contribution in [2.45, 2.75) is 45.3 Å². The molecule has 0 spiro atoms. The number of pyridine rings is 1. The molecule has 1 amide bonds. The number of carbonyl (C=O) groups is 1. The number of ether oxygens (including phenoxy) is 1. The van der Waals surface area contributed by atoms with Crippen LogP contribution in [0.3, 0.4) is 0 Å². The standard InChI is InChI=1S/C16H20BrN3O2/c1-16(2,3)22-15(21)20-8-4-5-13(20)12-10-19-9-11(17)6-7-14(19)18-12/h6-7,9-10,13H,4-5,8H2,1-3H3/t13-/m1/s1. The van der Waals surface area contributed by atoms with Crippen molar-refractivity contribution in [3.05, 3.63) is 34.7 Å². The van der Waals surface area contributed by atoms with Gasteiger partial charge in [-0.05, 0) is 61.7 Å². The summed E-state index contributed by atoms with van der Waals surface area (Å²) < 4.78 is 8.49. The first-order chi connectivity index (χ1) is 10.3. The second kappa shape index (κ2) is 5.57. The number of carbonyl (C=O) groups excluding carboxylic acids is 1. The Labute approximate surface area is 138 Å². The van der Waals surface area contributed by atoms with Crippen molar-refractivity contribution in [1.29, 1.82) is 0 Å². The van der Waals surface area contributed by atoms with Gasteiger partial charge in [0.15, 0.2) is 0 Å². The lowest BCUT2D eigenvalue weighted by Gasteiger charge is -2.27. The topological polar surface area (TPSA) is 46.8 Å². The molecular weight excluding hydrogens is 346 g/mol.